The van der Waals surface area contributed by atoms with Gasteiger partial charge in [0.05, 0.1) is 22.4 Å². The first kappa shape index (κ1) is 20.9. The number of nitrogens with zero attached hydrogens (tertiary/aromatic N) is 3. The van der Waals surface area contributed by atoms with Gasteiger partial charge in [-0.2, -0.15) is 0 Å². The lowest BCUT2D eigenvalue weighted by Gasteiger charge is -2.31. The Labute approximate surface area is 180 Å². The van der Waals surface area contributed by atoms with Gasteiger partial charge >= 0.3 is 11.1 Å². The minimum Gasteiger partial charge on any atom is -0.370 e. The van der Waals surface area contributed by atoms with Gasteiger partial charge in [0, 0.05) is 31.7 Å². The van der Waals surface area contributed by atoms with Crippen molar-refractivity contribution in [1.82, 2.24) is 9.13 Å². The van der Waals surface area contributed by atoms with E-state index in [1.807, 2.05) is 44.2 Å². The van der Waals surface area contributed by atoms with E-state index in [4.69, 9.17) is 0 Å². The highest BCUT2D eigenvalue weighted by Gasteiger charge is 2.21. The van der Waals surface area contributed by atoms with Crippen LogP contribution in [0.5, 0.6) is 0 Å². The van der Waals surface area contributed by atoms with Gasteiger partial charge in [-0.3, -0.25) is 14.4 Å². The van der Waals surface area contributed by atoms with Gasteiger partial charge in [-0.05, 0) is 57.4 Å². The maximum absolute atomic E-state index is 12.9. The van der Waals surface area contributed by atoms with Crippen molar-refractivity contribution >= 4 is 28.3 Å². The molecule has 0 radical (unpaired) electrons. The maximum Gasteiger partial charge on any atom is 0.316 e. The molecule has 1 N–H and O–H groups in total. The quantitative estimate of drug-likeness (QED) is 0.642. The van der Waals surface area contributed by atoms with E-state index in [0.717, 1.165) is 31.6 Å². The summed E-state index contributed by atoms with van der Waals surface area (Å²) in [6.07, 6.45) is 3.35. The van der Waals surface area contributed by atoms with Crippen molar-refractivity contribution in [1.29, 1.82) is 0 Å². The number of aromatic nitrogens is 2. The van der Waals surface area contributed by atoms with Gasteiger partial charge in [0.2, 0.25) is 0 Å². The number of carbonyl (C=O) groups excluding carboxylic acids is 1. The molecule has 2 aromatic carbocycles. The summed E-state index contributed by atoms with van der Waals surface area (Å²) in [5.74, 6) is -0.201. The van der Waals surface area contributed by atoms with Crippen molar-refractivity contribution in [3.63, 3.8) is 0 Å². The van der Waals surface area contributed by atoms with Crippen LogP contribution in [0.3, 0.4) is 0 Å². The van der Waals surface area contributed by atoms with E-state index < -0.39 is 11.1 Å². The number of nitrogens with one attached hydrogen (secondary N) is 1. The van der Waals surface area contributed by atoms with E-state index in [1.54, 1.807) is 12.1 Å². The van der Waals surface area contributed by atoms with Gasteiger partial charge in [0.1, 0.15) is 0 Å². The molecule has 1 fully saturated rings. The molecule has 0 saturated carbocycles. The molecule has 0 aliphatic carbocycles. The predicted molar refractivity (Wildman–Crippen MR) is 124 cm³/mol. The zero-order valence-corrected chi connectivity index (χ0v) is 18.1. The molecule has 7 nitrogen and oxygen atoms in total. The van der Waals surface area contributed by atoms with E-state index >= 15 is 0 Å². The fourth-order valence-corrected chi connectivity index (χ4v) is 4.36. The molecule has 31 heavy (non-hydrogen) atoms. The van der Waals surface area contributed by atoms with Gasteiger partial charge in [0.15, 0.2) is 0 Å². The van der Waals surface area contributed by atoms with Gasteiger partial charge in [-0.25, -0.2) is 0 Å². The van der Waals surface area contributed by atoms with Crippen molar-refractivity contribution in [2.45, 2.75) is 46.2 Å². The number of amides is 1. The number of carbonyl (C=O) groups is 1. The molecular formula is C24H28N4O3. The Morgan fingerprint density at radius 2 is 1.45 bits per heavy atom. The highest BCUT2D eigenvalue weighted by molar-refractivity contribution is 6.07. The molecule has 0 spiro atoms. The smallest absolute Gasteiger partial charge is 0.316 e. The van der Waals surface area contributed by atoms with Crippen LogP contribution >= 0.6 is 0 Å². The van der Waals surface area contributed by atoms with Crippen LogP contribution in [0.15, 0.2) is 52.1 Å². The third kappa shape index (κ3) is 3.87. The van der Waals surface area contributed by atoms with Crippen LogP contribution < -0.4 is 21.3 Å². The van der Waals surface area contributed by atoms with E-state index in [2.05, 4.69) is 10.2 Å². The van der Waals surface area contributed by atoms with E-state index in [0.29, 0.717) is 35.4 Å². The first-order valence-electron chi connectivity index (χ1n) is 11.0. The van der Waals surface area contributed by atoms with Crippen LogP contribution in [0, 0.1) is 0 Å². The van der Waals surface area contributed by atoms with Crippen molar-refractivity contribution < 1.29 is 4.79 Å². The van der Waals surface area contributed by atoms with Crippen LogP contribution in [0.25, 0.3) is 11.0 Å². The SMILES string of the molecule is CCn1c(=O)c(=O)n(CC)c2cc(N3CCCCC3)c(NC(=O)c3ccccc3)cc21. The zero-order valence-electron chi connectivity index (χ0n) is 18.1. The summed E-state index contributed by atoms with van der Waals surface area (Å²) in [5, 5.41) is 3.06. The number of rotatable bonds is 5. The Morgan fingerprint density at radius 3 is 2.03 bits per heavy atom. The van der Waals surface area contributed by atoms with Crippen LogP contribution in [-0.4, -0.2) is 28.1 Å². The van der Waals surface area contributed by atoms with Crippen molar-refractivity contribution in [3.05, 3.63) is 68.7 Å². The Balaban J connectivity index is 1.93. The lowest BCUT2D eigenvalue weighted by atomic mass is 10.1. The molecule has 1 saturated heterocycles. The number of benzene rings is 2. The van der Waals surface area contributed by atoms with Crippen molar-refractivity contribution in [2.75, 3.05) is 23.3 Å². The number of hydrogen-bond donors (Lipinski definition) is 1. The molecule has 0 bridgehead atoms. The van der Waals surface area contributed by atoms with E-state index in [1.165, 1.54) is 15.6 Å². The Morgan fingerprint density at radius 1 is 0.871 bits per heavy atom. The number of anilines is 2. The molecule has 162 valence electrons. The molecule has 1 aliphatic heterocycles. The second-order valence-electron chi connectivity index (χ2n) is 7.82. The van der Waals surface area contributed by atoms with E-state index in [-0.39, 0.29) is 5.91 Å². The zero-order chi connectivity index (χ0) is 22.0. The second-order valence-corrected chi connectivity index (χ2v) is 7.82. The van der Waals surface area contributed by atoms with E-state index in [9.17, 15) is 14.4 Å². The summed E-state index contributed by atoms with van der Waals surface area (Å²) in [7, 11) is 0. The number of fused-ring (bicyclic) bond motifs is 1. The highest BCUT2D eigenvalue weighted by atomic mass is 16.2. The Bertz CT molecular complexity index is 1220. The summed E-state index contributed by atoms with van der Waals surface area (Å²) < 4.78 is 3.02. The molecule has 1 aliphatic rings. The summed E-state index contributed by atoms with van der Waals surface area (Å²) in [5.41, 5.74) is 2.43. The minimum atomic E-state index is -0.539. The summed E-state index contributed by atoms with van der Waals surface area (Å²) in [4.78, 5) is 40.5. The summed E-state index contributed by atoms with van der Waals surface area (Å²) in [6.45, 7) is 6.28. The first-order valence-corrected chi connectivity index (χ1v) is 11.0. The lowest BCUT2D eigenvalue weighted by molar-refractivity contribution is 0.102. The third-order valence-corrected chi connectivity index (χ3v) is 5.96. The Hall–Kier alpha value is -3.35. The molecule has 4 rings (SSSR count). The average Bonchev–Trinajstić information content (AvgIpc) is 2.81. The minimum absolute atomic E-state index is 0.201. The molecule has 0 atom stereocenters. The van der Waals surface area contributed by atoms with Gasteiger partial charge in [0.25, 0.3) is 5.91 Å². The number of aryl methyl sites for hydroxylation is 2. The fourth-order valence-electron chi connectivity index (χ4n) is 4.36. The average molecular weight is 421 g/mol. The molecule has 1 amide bonds. The second kappa shape index (κ2) is 8.79. The van der Waals surface area contributed by atoms with Crippen molar-refractivity contribution in [3.8, 4) is 0 Å². The molecule has 1 aromatic heterocycles. The standard InChI is InChI=1S/C24H28N4O3/c1-3-27-20-15-18(25-22(29)17-11-7-5-8-12-17)19(26-13-9-6-10-14-26)16-21(20)28(4-2)24(31)23(27)30/h5,7-8,11-12,15-16H,3-4,6,9-10,13-14H2,1-2H3,(H,25,29). The normalized spacial score (nSPS) is 14.1. The lowest BCUT2D eigenvalue weighted by Crippen LogP contribution is -2.41. The maximum atomic E-state index is 12.9. The van der Waals surface area contributed by atoms with Crippen LogP contribution in [0.2, 0.25) is 0 Å². The molecule has 0 unspecified atom stereocenters. The predicted octanol–water partition coefficient (Wildman–Crippen LogP) is 3.45. The Kier molecular flexibility index (Phi) is 5.93. The van der Waals surface area contributed by atoms with Crippen LogP contribution in [-0.2, 0) is 13.1 Å². The monoisotopic (exact) mass is 420 g/mol. The first-order chi connectivity index (χ1) is 15.0. The number of piperidine rings is 1. The van der Waals surface area contributed by atoms with Crippen LogP contribution in [0.1, 0.15) is 43.5 Å². The van der Waals surface area contributed by atoms with Gasteiger partial charge < -0.3 is 19.4 Å². The van der Waals surface area contributed by atoms with Crippen molar-refractivity contribution in [2.24, 2.45) is 0 Å². The highest BCUT2D eigenvalue weighted by Crippen LogP contribution is 2.33. The largest absolute Gasteiger partial charge is 0.370 e. The topological polar surface area (TPSA) is 76.3 Å². The van der Waals surface area contributed by atoms with Gasteiger partial charge in [-0.15, -0.1) is 0 Å². The summed E-state index contributed by atoms with van der Waals surface area (Å²) in [6, 6.07) is 12.9. The molecule has 2 heterocycles. The molecule has 3 aromatic rings. The van der Waals surface area contributed by atoms with Gasteiger partial charge in [-0.1, -0.05) is 18.2 Å². The molecule has 7 heteroatoms. The third-order valence-electron chi connectivity index (χ3n) is 5.96. The van der Waals surface area contributed by atoms with Crippen LogP contribution in [0.4, 0.5) is 11.4 Å². The fraction of sp³-hybridized carbons (Fsp3) is 0.375. The molecular weight excluding hydrogens is 392 g/mol. The summed E-state index contributed by atoms with van der Waals surface area (Å²) >= 11 is 0. The number of hydrogen-bond acceptors (Lipinski definition) is 4.